The van der Waals surface area contributed by atoms with Gasteiger partial charge < -0.3 is 4.52 Å². The highest BCUT2D eigenvalue weighted by molar-refractivity contribution is 6.16. The summed E-state index contributed by atoms with van der Waals surface area (Å²) in [5, 5.41) is 3.38. The van der Waals surface area contributed by atoms with Crippen molar-refractivity contribution in [2.24, 2.45) is 0 Å². The van der Waals surface area contributed by atoms with Crippen molar-refractivity contribution in [3.8, 4) is 11.5 Å². The van der Waals surface area contributed by atoms with Crippen molar-refractivity contribution < 1.29 is 22.1 Å². The summed E-state index contributed by atoms with van der Waals surface area (Å²) in [6.45, 7) is 0. The van der Waals surface area contributed by atoms with Crippen LogP contribution in [-0.2, 0) is 12.1 Å². The average Bonchev–Trinajstić information content (AvgIpc) is 2.76. The van der Waals surface area contributed by atoms with Gasteiger partial charge in [-0.2, -0.15) is 18.2 Å². The van der Waals surface area contributed by atoms with Crippen molar-refractivity contribution in [1.82, 2.24) is 10.1 Å². The zero-order valence-electron chi connectivity index (χ0n) is 8.63. The summed E-state index contributed by atoms with van der Waals surface area (Å²) in [4.78, 5) is 3.67. The molecule has 0 saturated heterocycles. The lowest BCUT2D eigenvalue weighted by Gasteiger charge is -2.08. The van der Waals surface area contributed by atoms with E-state index < -0.39 is 23.1 Å². The molecule has 96 valence electrons. The van der Waals surface area contributed by atoms with Gasteiger partial charge in [0, 0.05) is 0 Å². The number of benzene rings is 1. The van der Waals surface area contributed by atoms with Gasteiger partial charge in [-0.3, -0.25) is 0 Å². The van der Waals surface area contributed by atoms with Crippen LogP contribution in [0, 0.1) is 5.82 Å². The molecule has 0 aliphatic heterocycles. The molecule has 0 bridgehead atoms. The summed E-state index contributed by atoms with van der Waals surface area (Å²) < 4.78 is 55.8. The predicted octanol–water partition coefficient (Wildman–Crippen LogP) is 3.63. The predicted molar refractivity (Wildman–Crippen MR) is 54.3 cm³/mol. The standard InChI is InChI=1S/C10H5ClF4N2O/c11-4-7-16-9(18-17-7)5-2-1-3-6(8(5)12)10(13,14)15/h1-3H,4H2. The van der Waals surface area contributed by atoms with Gasteiger partial charge in [-0.05, 0) is 12.1 Å². The number of nitrogens with zero attached hydrogens (tertiary/aromatic N) is 2. The monoisotopic (exact) mass is 280 g/mol. The Morgan fingerprint density at radius 3 is 2.56 bits per heavy atom. The fourth-order valence-electron chi connectivity index (χ4n) is 1.33. The molecular weight excluding hydrogens is 276 g/mol. The Hall–Kier alpha value is -1.63. The maximum Gasteiger partial charge on any atom is 0.419 e. The van der Waals surface area contributed by atoms with Gasteiger partial charge >= 0.3 is 6.18 Å². The third-order valence-electron chi connectivity index (χ3n) is 2.12. The van der Waals surface area contributed by atoms with Gasteiger partial charge in [-0.1, -0.05) is 11.2 Å². The highest BCUT2D eigenvalue weighted by Gasteiger charge is 2.35. The summed E-state index contributed by atoms with van der Waals surface area (Å²) in [5.74, 6) is -1.79. The summed E-state index contributed by atoms with van der Waals surface area (Å²) >= 11 is 5.41. The molecule has 18 heavy (non-hydrogen) atoms. The van der Waals surface area contributed by atoms with E-state index in [-0.39, 0.29) is 17.6 Å². The SMILES string of the molecule is Fc1c(-c2nc(CCl)no2)cccc1C(F)(F)F. The van der Waals surface area contributed by atoms with Crippen molar-refractivity contribution in [3.05, 3.63) is 35.4 Å². The number of hydrogen-bond donors (Lipinski definition) is 0. The van der Waals surface area contributed by atoms with E-state index in [4.69, 9.17) is 11.6 Å². The molecule has 8 heteroatoms. The van der Waals surface area contributed by atoms with Crippen molar-refractivity contribution in [2.45, 2.75) is 12.1 Å². The molecule has 0 amide bonds. The van der Waals surface area contributed by atoms with Crippen LogP contribution in [0.4, 0.5) is 17.6 Å². The first kappa shape index (κ1) is 12.8. The van der Waals surface area contributed by atoms with Gasteiger partial charge in [-0.25, -0.2) is 4.39 Å². The molecular formula is C10H5ClF4N2O. The highest BCUT2D eigenvalue weighted by atomic mass is 35.5. The zero-order valence-corrected chi connectivity index (χ0v) is 9.39. The number of hydrogen-bond acceptors (Lipinski definition) is 3. The molecule has 1 heterocycles. The van der Waals surface area contributed by atoms with Crippen LogP contribution in [-0.4, -0.2) is 10.1 Å². The van der Waals surface area contributed by atoms with Crippen LogP contribution < -0.4 is 0 Å². The van der Waals surface area contributed by atoms with Crippen LogP contribution in [0.5, 0.6) is 0 Å². The average molecular weight is 281 g/mol. The van der Waals surface area contributed by atoms with Crippen molar-refractivity contribution in [1.29, 1.82) is 0 Å². The second kappa shape index (κ2) is 4.56. The third-order valence-corrected chi connectivity index (χ3v) is 2.36. The Labute approximate surface area is 103 Å². The van der Waals surface area contributed by atoms with Gasteiger partial charge in [0.05, 0.1) is 17.0 Å². The second-order valence-corrected chi connectivity index (χ2v) is 3.58. The zero-order chi connectivity index (χ0) is 13.3. The summed E-state index contributed by atoms with van der Waals surface area (Å²) in [6, 6.07) is 2.82. The summed E-state index contributed by atoms with van der Waals surface area (Å²) in [6.07, 6.45) is -4.78. The second-order valence-electron chi connectivity index (χ2n) is 3.31. The molecule has 2 aromatic rings. The van der Waals surface area contributed by atoms with Crippen LogP contribution in [0.2, 0.25) is 0 Å². The van der Waals surface area contributed by atoms with E-state index in [0.717, 1.165) is 12.1 Å². The van der Waals surface area contributed by atoms with Crippen LogP contribution in [0.1, 0.15) is 11.4 Å². The summed E-state index contributed by atoms with van der Waals surface area (Å²) in [5.41, 5.74) is -1.79. The third kappa shape index (κ3) is 2.31. The number of alkyl halides is 4. The first-order chi connectivity index (χ1) is 8.43. The molecule has 0 radical (unpaired) electrons. The van der Waals surface area contributed by atoms with Gasteiger partial charge in [-0.15, -0.1) is 11.6 Å². The fourth-order valence-corrected chi connectivity index (χ4v) is 1.44. The van der Waals surface area contributed by atoms with Crippen molar-refractivity contribution in [3.63, 3.8) is 0 Å². The van der Waals surface area contributed by atoms with Crippen LogP contribution >= 0.6 is 11.6 Å². The van der Waals surface area contributed by atoms with Crippen molar-refractivity contribution in [2.75, 3.05) is 0 Å². The lowest BCUT2D eigenvalue weighted by atomic mass is 10.1. The van der Waals surface area contributed by atoms with Gasteiger partial charge in [0.25, 0.3) is 5.89 Å². The smallest absolute Gasteiger partial charge is 0.334 e. The molecule has 0 unspecified atom stereocenters. The number of rotatable bonds is 2. The minimum atomic E-state index is -4.78. The van der Waals surface area contributed by atoms with E-state index in [1.807, 2.05) is 0 Å². The lowest BCUT2D eigenvalue weighted by molar-refractivity contribution is -0.139. The number of halogens is 5. The van der Waals surface area contributed by atoms with E-state index in [1.54, 1.807) is 0 Å². The molecule has 1 aromatic heterocycles. The van der Waals surface area contributed by atoms with Crippen molar-refractivity contribution >= 4 is 11.6 Å². The molecule has 0 N–H and O–H groups in total. The molecule has 0 aliphatic rings. The van der Waals surface area contributed by atoms with Crippen LogP contribution in [0.15, 0.2) is 22.7 Å². The topological polar surface area (TPSA) is 38.9 Å². The van der Waals surface area contributed by atoms with Crippen LogP contribution in [0.25, 0.3) is 11.5 Å². The Balaban J connectivity index is 2.52. The van der Waals surface area contributed by atoms with Gasteiger partial charge in [0.1, 0.15) is 5.82 Å². The van der Waals surface area contributed by atoms with E-state index in [1.165, 1.54) is 0 Å². The van der Waals surface area contributed by atoms with E-state index in [9.17, 15) is 17.6 Å². The molecule has 1 aromatic carbocycles. The minimum absolute atomic E-state index is 0.0727. The first-order valence-electron chi connectivity index (χ1n) is 4.68. The van der Waals surface area contributed by atoms with E-state index in [0.29, 0.717) is 6.07 Å². The maximum atomic E-state index is 13.7. The molecule has 0 saturated carbocycles. The Morgan fingerprint density at radius 2 is 2.00 bits per heavy atom. The quantitative estimate of drug-likeness (QED) is 0.623. The van der Waals surface area contributed by atoms with Gasteiger partial charge in [0.15, 0.2) is 5.82 Å². The maximum absolute atomic E-state index is 13.7. The highest BCUT2D eigenvalue weighted by Crippen LogP contribution is 2.34. The largest absolute Gasteiger partial charge is 0.419 e. The van der Waals surface area contributed by atoms with Crippen LogP contribution in [0.3, 0.4) is 0 Å². The first-order valence-corrected chi connectivity index (χ1v) is 5.21. The number of aromatic nitrogens is 2. The molecule has 0 aliphatic carbocycles. The molecule has 0 spiro atoms. The minimum Gasteiger partial charge on any atom is -0.334 e. The normalized spacial score (nSPS) is 11.8. The Kier molecular flexibility index (Phi) is 3.25. The lowest BCUT2D eigenvalue weighted by Crippen LogP contribution is -2.08. The summed E-state index contributed by atoms with van der Waals surface area (Å²) in [7, 11) is 0. The van der Waals surface area contributed by atoms with Gasteiger partial charge in [0.2, 0.25) is 0 Å². The molecule has 3 nitrogen and oxygen atoms in total. The molecule has 2 rings (SSSR count). The fraction of sp³-hybridized carbons (Fsp3) is 0.200. The van der Waals surface area contributed by atoms with E-state index >= 15 is 0 Å². The Morgan fingerprint density at radius 1 is 1.28 bits per heavy atom. The van der Waals surface area contributed by atoms with E-state index in [2.05, 4.69) is 14.7 Å². The molecule has 0 atom stereocenters. The Bertz CT molecular complexity index is 567. The molecule has 0 fully saturated rings.